The van der Waals surface area contributed by atoms with Crippen LogP contribution in [0.5, 0.6) is 0 Å². The Morgan fingerprint density at radius 1 is 1.46 bits per heavy atom. The summed E-state index contributed by atoms with van der Waals surface area (Å²) in [6, 6.07) is 9.35. The molecule has 2 heterocycles. The number of morpholine rings is 1. The molecular weight excluding hydrogens is 328 g/mol. The Morgan fingerprint density at radius 2 is 2.25 bits per heavy atom. The number of aromatic nitrogens is 2. The van der Waals surface area contributed by atoms with Crippen LogP contribution in [0.15, 0.2) is 42.7 Å². The smallest absolute Gasteiger partial charge is 0.250 e. The summed E-state index contributed by atoms with van der Waals surface area (Å²) in [7, 11) is 1.99. The van der Waals surface area contributed by atoms with E-state index in [9.17, 15) is 4.79 Å². The average Bonchev–Trinajstić information content (AvgIpc) is 3.11. The van der Waals surface area contributed by atoms with Gasteiger partial charge in [-0.3, -0.25) is 9.48 Å². The van der Waals surface area contributed by atoms with Gasteiger partial charge in [-0.1, -0.05) is 23.7 Å². The molecular formula is C17H21ClN4O2. The van der Waals surface area contributed by atoms with Crippen molar-refractivity contribution in [3.05, 3.63) is 53.3 Å². The summed E-state index contributed by atoms with van der Waals surface area (Å²) in [5.74, 6) is -0.0901. The molecule has 1 aliphatic rings. The van der Waals surface area contributed by atoms with Crippen LogP contribution in [0.1, 0.15) is 11.6 Å². The molecule has 0 saturated carbocycles. The molecule has 6 nitrogen and oxygen atoms in total. The fourth-order valence-electron chi connectivity index (χ4n) is 2.76. The van der Waals surface area contributed by atoms with Crippen LogP contribution >= 0.6 is 11.6 Å². The first-order valence-corrected chi connectivity index (χ1v) is 8.34. The average molecular weight is 349 g/mol. The van der Waals surface area contributed by atoms with E-state index in [-0.39, 0.29) is 11.9 Å². The Labute approximate surface area is 146 Å². The summed E-state index contributed by atoms with van der Waals surface area (Å²) >= 11 is 5.97. The second-order valence-corrected chi connectivity index (χ2v) is 6.36. The topological polar surface area (TPSA) is 59.4 Å². The summed E-state index contributed by atoms with van der Waals surface area (Å²) < 4.78 is 7.39. The maximum absolute atomic E-state index is 12.4. The highest BCUT2D eigenvalue weighted by Gasteiger charge is 2.25. The molecule has 128 valence electrons. The van der Waals surface area contributed by atoms with Crippen LogP contribution < -0.4 is 5.32 Å². The molecule has 1 N–H and O–H groups in total. The molecule has 0 spiro atoms. The first-order valence-electron chi connectivity index (χ1n) is 7.96. The predicted octanol–water partition coefficient (Wildman–Crippen LogP) is 1.57. The summed E-state index contributed by atoms with van der Waals surface area (Å²) in [6.45, 7) is 2.48. The van der Waals surface area contributed by atoms with Gasteiger partial charge in [-0.15, -0.1) is 0 Å². The largest absolute Gasteiger partial charge is 0.366 e. The van der Waals surface area contributed by atoms with Crippen LogP contribution in [0.3, 0.4) is 0 Å². The number of carbonyl (C=O) groups excluding carboxylic acids is 1. The second kappa shape index (κ2) is 7.79. The highest BCUT2D eigenvalue weighted by atomic mass is 35.5. The van der Waals surface area contributed by atoms with Crippen molar-refractivity contribution >= 4 is 17.5 Å². The molecule has 1 aliphatic heterocycles. The Kier molecular flexibility index (Phi) is 5.50. The number of hydrogen-bond acceptors (Lipinski definition) is 4. The minimum atomic E-state index is -0.424. The molecule has 0 radical (unpaired) electrons. The fraction of sp³-hybridized carbons (Fsp3) is 0.412. The summed E-state index contributed by atoms with van der Waals surface area (Å²) in [6.07, 6.45) is 3.19. The van der Waals surface area contributed by atoms with Crippen LogP contribution in [0.25, 0.3) is 0 Å². The zero-order valence-electron chi connectivity index (χ0n) is 13.6. The minimum absolute atomic E-state index is 0.0901. The zero-order valence-corrected chi connectivity index (χ0v) is 14.3. The van der Waals surface area contributed by atoms with E-state index in [1.165, 1.54) is 0 Å². The number of amides is 1. The number of nitrogens with zero attached hydrogens (tertiary/aromatic N) is 3. The molecule has 0 bridgehead atoms. The standard InChI is InChI=1S/C17H21ClN4O2/c1-21-9-10-24-16(12-21)17(23)19-11-15(22-8-2-7-20-22)13-3-5-14(18)6-4-13/h2-8,15-16H,9-12H2,1H3,(H,19,23)/t15-,16-/m0/s1. The highest BCUT2D eigenvalue weighted by Crippen LogP contribution is 2.19. The van der Waals surface area contributed by atoms with Gasteiger partial charge in [0.05, 0.1) is 12.6 Å². The third kappa shape index (κ3) is 4.14. The number of halogens is 1. The van der Waals surface area contributed by atoms with Gasteiger partial charge in [0.25, 0.3) is 5.91 Å². The molecule has 0 aliphatic carbocycles. The van der Waals surface area contributed by atoms with Gasteiger partial charge in [-0.2, -0.15) is 5.10 Å². The van der Waals surface area contributed by atoms with Crippen molar-refractivity contribution in [3.8, 4) is 0 Å². The van der Waals surface area contributed by atoms with Crippen molar-refractivity contribution in [2.24, 2.45) is 0 Å². The van der Waals surface area contributed by atoms with Crippen LogP contribution in [0, 0.1) is 0 Å². The van der Waals surface area contributed by atoms with Crippen LogP contribution in [-0.4, -0.2) is 60.0 Å². The lowest BCUT2D eigenvalue weighted by molar-refractivity contribution is -0.137. The van der Waals surface area contributed by atoms with Gasteiger partial charge in [0.15, 0.2) is 0 Å². The third-order valence-corrected chi connectivity index (χ3v) is 4.38. The molecule has 2 aromatic rings. The Hall–Kier alpha value is -1.89. The maximum atomic E-state index is 12.4. The monoisotopic (exact) mass is 348 g/mol. The van der Waals surface area contributed by atoms with Crippen molar-refractivity contribution in [3.63, 3.8) is 0 Å². The van der Waals surface area contributed by atoms with Crippen LogP contribution in [0.2, 0.25) is 5.02 Å². The SMILES string of the molecule is CN1CCO[C@H](C(=O)NC[C@@H](c2ccc(Cl)cc2)n2cccn2)C1. The molecule has 1 amide bonds. The number of likely N-dealkylation sites (N-methyl/N-ethyl adjacent to an activating group) is 1. The molecule has 0 unspecified atom stereocenters. The van der Waals surface area contributed by atoms with Crippen molar-refractivity contribution in [1.29, 1.82) is 0 Å². The number of rotatable bonds is 5. The molecule has 1 aromatic carbocycles. The van der Waals surface area contributed by atoms with Crippen LogP contribution in [0.4, 0.5) is 0 Å². The van der Waals surface area contributed by atoms with E-state index in [2.05, 4.69) is 15.3 Å². The molecule has 2 atom stereocenters. The minimum Gasteiger partial charge on any atom is -0.366 e. The number of nitrogens with one attached hydrogen (secondary N) is 1. The van der Waals surface area contributed by atoms with E-state index in [1.807, 2.05) is 48.3 Å². The van der Waals surface area contributed by atoms with Gasteiger partial charge < -0.3 is 15.0 Å². The van der Waals surface area contributed by atoms with E-state index in [0.29, 0.717) is 24.7 Å². The third-order valence-electron chi connectivity index (χ3n) is 4.13. The molecule has 3 rings (SSSR count). The Balaban J connectivity index is 1.68. The molecule has 24 heavy (non-hydrogen) atoms. The van der Waals surface area contributed by atoms with Gasteiger partial charge in [-0.25, -0.2) is 0 Å². The second-order valence-electron chi connectivity index (χ2n) is 5.92. The van der Waals surface area contributed by atoms with E-state index in [1.54, 1.807) is 6.20 Å². The Morgan fingerprint density at radius 3 is 2.92 bits per heavy atom. The maximum Gasteiger partial charge on any atom is 0.250 e. The van der Waals surface area contributed by atoms with E-state index in [4.69, 9.17) is 16.3 Å². The lowest BCUT2D eigenvalue weighted by Crippen LogP contribution is -2.49. The van der Waals surface area contributed by atoms with Gasteiger partial charge in [0.2, 0.25) is 0 Å². The lowest BCUT2D eigenvalue weighted by atomic mass is 10.1. The van der Waals surface area contributed by atoms with E-state index >= 15 is 0 Å². The first kappa shape index (κ1) is 17.0. The number of hydrogen-bond donors (Lipinski definition) is 1. The predicted molar refractivity (Wildman–Crippen MR) is 92.1 cm³/mol. The van der Waals surface area contributed by atoms with Crippen LogP contribution in [-0.2, 0) is 9.53 Å². The van der Waals surface area contributed by atoms with E-state index in [0.717, 1.165) is 12.1 Å². The highest BCUT2D eigenvalue weighted by molar-refractivity contribution is 6.30. The fourth-order valence-corrected chi connectivity index (χ4v) is 2.89. The van der Waals surface area contributed by atoms with Crippen molar-refractivity contribution in [1.82, 2.24) is 20.0 Å². The first-order chi connectivity index (χ1) is 11.6. The molecule has 1 aromatic heterocycles. The lowest BCUT2D eigenvalue weighted by Gasteiger charge is -2.29. The van der Waals surface area contributed by atoms with Gasteiger partial charge in [-0.05, 0) is 30.8 Å². The molecule has 7 heteroatoms. The summed E-state index contributed by atoms with van der Waals surface area (Å²) in [4.78, 5) is 14.5. The van der Waals surface area contributed by atoms with E-state index < -0.39 is 6.10 Å². The van der Waals surface area contributed by atoms with Crippen molar-refractivity contribution in [2.45, 2.75) is 12.1 Å². The summed E-state index contributed by atoms with van der Waals surface area (Å²) in [5, 5.41) is 7.98. The normalized spacial score (nSPS) is 19.8. The van der Waals surface area contributed by atoms with Gasteiger partial charge in [0, 0.05) is 37.1 Å². The van der Waals surface area contributed by atoms with Gasteiger partial charge >= 0.3 is 0 Å². The number of ether oxygens (including phenoxy) is 1. The number of benzene rings is 1. The molecule has 1 fully saturated rings. The molecule has 1 saturated heterocycles. The summed E-state index contributed by atoms with van der Waals surface area (Å²) in [5.41, 5.74) is 1.03. The van der Waals surface area contributed by atoms with Gasteiger partial charge in [0.1, 0.15) is 6.10 Å². The van der Waals surface area contributed by atoms with Crippen molar-refractivity contribution in [2.75, 3.05) is 33.3 Å². The van der Waals surface area contributed by atoms with Crippen molar-refractivity contribution < 1.29 is 9.53 Å². The number of carbonyl (C=O) groups is 1. The zero-order chi connectivity index (χ0) is 16.9. The quantitative estimate of drug-likeness (QED) is 0.891. The Bertz CT molecular complexity index is 660.